The smallest absolute Gasteiger partial charge is 0.268 e. The Hall–Kier alpha value is -4.24. The molecule has 0 bridgehead atoms. The van der Waals surface area contributed by atoms with E-state index in [9.17, 15) is 4.79 Å². The number of hydrogen-bond acceptors (Lipinski definition) is 6. The van der Waals surface area contributed by atoms with Crippen molar-refractivity contribution in [3.8, 4) is 39.6 Å². The molecule has 0 aliphatic heterocycles. The van der Waals surface area contributed by atoms with E-state index in [-0.39, 0.29) is 5.56 Å². The number of imidazole rings is 1. The minimum Gasteiger partial charge on any atom is -0.495 e. The summed E-state index contributed by atoms with van der Waals surface area (Å²) >= 11 is 6.04. The molecule has 0 saturated heterocycles. The van der Waals surface area contributed by atoms with Crippen molar-refractivity contribution >= 4 is 11.6 Å². The van der Waals surface area contributed by atoms with Gasteiger partial charge in [-0.3, -0.25) is 4.79 Å². The third kappa shape index (κ3) is 3.97. The SMILES string of the molecule is COc1cc(-c2cn(-c3cc(=O)n(C)nc3-c3ccc(Cl)cc3)nn2)ccc1-n1cnc(C)c1. The van der Waals surface area contributed by atoms with E-state index in [1.54, 1.807) is 43.5 Å². The predicted octanol–water partition coefficient (Wildman–Crippen LogP) is 3.85. The van der Waals surface area contributed by atoms with E-state index >= 15 is 0 Å². The van der Waals surface area contributed by atoms with Crippen LogP contribution in [0.4, 0.5) is 0 Å². The molecule has 0 N–H and O–H groups in total. The van der Waals surface area contributed by atoms with Crippen molar-refractivity contribution in [2.75, 3.05) is 7.11 Å². The number of ether oxygens (including phenoxy) is 1. The predicted molar refractivity (Wildman–Crippen MR) is 129 cm³/mol. The van der Waals surface area contributed by atoms with E-state index in [2.05, 4.69) is 20.4 Å². The molecule has 0 amide bonds. The molecular formula is C24H20ClN7O2. The van der Waals surface area contributed by atoms with Crippen LogP contribution in [0.25, 0.3) is 33.9 Å². The van der Waals surface area contributed by atoms with Crippen LogP contribution in [0.2, 0.25) is 5.02 Å². The normalized spacial score (nSPS) is 11.1. The Balaban J connectivity index is 1.57. The van der Waals surface area contributed by atoms with Gasteiger partial charge in [0, 0.05) is 35.5 Å². The second kappa shape index (κ2) is 8.60. The van der Waals surface area contributed by atoms with E-state index in [0.717, 1.165) is 22.5 Å². The molecule has 0 saturated carbocycles. The van der Waals surface area contributed by atoms with Gasteiger partial charge in [0.05, 0.1) is 36.7 Å². The summed E-state index contributed by atoms with van der Waals surface area (Å²) in [5.41, 5.74) is 4.84. The molecule has 0 spiro atoms. The molecule has 10 heteroatoms. The summed E-state index contributed by atoms with van der Waals surface area (Å²) in [7, 11) is 3.22. The molecule has 9 nitrogen and oxygen atoms in total. The van der Waals surface area contributed by atoms with Gasteiger partial charge in [0.2, 0.25) is 0 Å². The average Bonchev–Trinajstić information content (AvgIpc) is 3.50. The van der Waals surface area contributed by atoms with Crippen LogP contribution in [0.15, 0.2) is 72.0 Å². The summed E-state index contributed by atoms with van der Waals surface area (Å²) in [5, 5.41) is 13.7. The molecule has 5 aromatic rings. The zero-order valence-electron chi connectivity index (χ0n) is 18.7. The second-order valence-electron chi connectivity index (χ2n) is 7.70. The van der Waals surface area contributed by atoms with Gasteiger partial charge in [-0.25, -0.2) is 14.3 Å². The standard InChI is InChI=1S/C24H20ClN7O2/c1-15-12-31(14-26-15)20-9-6-17(10-22(20)34-3)19-13-32(29-27-19)21-11-23(33)30(2)28-24(21)16-4-7-18(25)8-5-16/h4-14H,1-3H3. The van der Waals surface area contributed by atoms with Crippen LogP contribution in [0.5, 0.6) is 5.75 Å². The van der Waals surface area contributed by atoms with Crippen molar-refractivity contribution < 1.29 is 4.74 Å². The second-order valence-corrected chi connectivity index (χ2v) is 8.14. The number of methoxy groups -OCH3 is 1. The van der Waals surface area contributed by atoms with Gasteiger partial charge in [-0.2, -0.15) is 5.10 Å². The van der Waals surface area contributed by atoms with Gasteiger partial charge in [0.15, 0.2) is 0 Å². The summed E-state index contributed by atoms with van der Waals surface area (Å²) in [6.07, 6.45) is 5.42. The average molecular weight is 474 g/mol. The first-order chi connectivity index (χ1) is 16.4. The van der Waals surface area contributed by atoms with Gasteiger partial charge in [0.1, 0.15) is 17.1 Å². The molecule has 0 unspecified atom stereocenters. The van der Waals surface area contributed by atoms with Crippen molar-refractivity contribution in [2.45, 2.75) is 6.92 Å². The summed E-state index contributed by atoms with van der Waals surface area (Å²) in [6.45, 7) is 1.93. The van der Waals surface area contributed by atoms with Crippen LogP contribution in [0.1, 0.15) is 5.69 Å². The Bertz CT molecular complexity index is 1550. The van der Waals surface area contributed by atoms with Gasteiger partial charge in [-0.15, -0.1) is 5.10 Å². The highest BCUT2D eigenvalue weighted by atomic mass is 35.5. The minimum absolute atomic E-state index is 0.258. The number of benzene rings is 2. The van der Waals surface area contributed by atoms with E-state index in [1.807, 2.05) is 48.0 Å². The lowest BCUT2D eigenvalue weighted by atomic mass is 10.1. The van der Waals surface area contributed by atoms with Crippen LogP contribution in [0.3, 0.4) is 0 Å². The highest BCUT2D eigenvalue weighted by Crippen LogP contribution is 2.30. The van der Waals surface area contributed by atoms with E-state index in [0.29, 0.717) is 27.8 Å². The lowest BCUT2D eigenvalue weighted by Gasteiger charge is -2.10. The van der Waals surface area contributed by atoms with Crippen LogP contribution in [-0.4, -0.2) is 41.4 Å². The maximum atomic E-state index is 12.4. The topological polar surface area (TPSA) is 92.6 Å². The Morgan fingerprint density at radius 2 is 1.74 bits per heavy atom. The fraction of sp³-hybridized carbons (Fsp3) is 0.125. The monoisotopic (exact) mass is 473 g/mol. The summed E-state index contributed by atoms with van der Waals surface area (Å²) in [5.74, 6) is 0.668. The van der Waals surface area contributed by atoms with Crippen LogP contribution in [0, 0.1) is 6.92 Å². The third-order valence-corrected chi connectivity index (χ3v) is 5.65. The molecule has 3 heterocycles. The zero-order valence-corrected chi connectivity index (χ0v) is 19.4. The highest BCUT2D eigenvalue weighted by Gasteiger charge is 2.16. The Morgan fingerprint density at radius 1 is 0.971 bits per heavy atom. The van der Waals surface area contributed by atoms with Gasteiger partial charge in [0.25, 0.3) is 5.56 Å². The quantitative estimate of drug-likeness (QED) is 0.385. The number of aromatic nitrogens is 7. The number of rotatable bonds is 5. The number of hydrogen-bond donors (Lipinski definition) is 0. The van der Waals surface area contributed by atoms with E-state index < -0.39 is 0 Å². The Kier molecular flexibility index (Phi) is 5.46. The lowest BCUT2D eigenvalue weighted by Crippen LogP contribution is -2.21. The third-order valence-electron chi connectivity index (χ3n) is 5.39. The highest BCUT2D eigenvalue weighted by molar-refractivity contribution is 6.30. The molecule has 0 aliphatic carbocycles. The molecular weight excluding hydrogens is 454 g/mol. The molecule has 2 aromatic carbocycles. The van der Waals surface area contributed by atoms with Crippen molar-refractivity contribution in [3.63, 3.8) is 0 Å². The molecule has 0 radical (unpaired) electrons. The Labute approximate surface area is 199 Å². The molecule has 0 aliphatic rings. The first kappa shape index (κ1) is 21.6. The van der Waals surface area contributed by atoms with Crippen LogP contribution in [-0.2, 0) is 7.05 Å². The van der Waals surface area contributed by atoms with Crippen molar-refractivity contribution in [1.29, 1.82) is 0 Å². The molecule has 0 fully saturated rings. The maximum Gasteiger partial charge on any atom is 0.268 e. The number of nitrogens with zero attached hydrogens (tertiary/aromatic N) is 7. The minimum atomic E-state index is -0.258. The van der Waals surface area contributed by atoms with E-state index in [4.69, 9.17) is 16.3 Å². The van der Waals surface area contributed by atoms with Gasteiger partial charge >= 0.3 is 0 Å². The summed E-state index contributed by atoms with van der Waals surface area (Å²) < 4.78 is 10.3. The molecule has 0 atom stereocenters. The molecule has 34 heavy (non-hydrogen) atoms. The zero-order chi connectivity index (χ0) is 23.8. The summed E-state index contributed by atoms with van der Waals surface area (Å²) in [6, 6.07) is 14.5. The first-order valence-corrected chi connectivity index (χ1v) is 10.8. The van der Waals surface area contributed by atoms with Gasteiger partial charge in [-0.1, -0.05) is 35.0 Å². The van der Waals surface area contributed by atoms with Crippen molar-refractivity contribution in [1.82, 2.24) is 34.3 Å². The van der Waals surface area contributed by atoms with E-state index in [1.165, 1.54) is 10.7 Å². The molecule has 5 rings (SSSR count). The number of aryl methyl sites for hydroxylation is 2. The summed E-state index contributed by atoms with van der Waals surface area (Å²) in [4.78, 5) is 16.7. The largest absolute Gasteiger partial charge is 0.495 e. The maximum absolute atomic E-state index is 12.4. The first-order valence-electron chi connectivity index (χ1n) is 10.4. The van der Waals surface area contributed by atoms with Crippen LogP contribution >= 0.6 is 11.6 Å². The lowest BCUT2D eigenvalue weighted by molar-refractivity contribution is 0.413. The molecule has 170 valence electrons. The van der Waals surface area contributed by atoms with Gasteiger partial charge in [-0.05, 0) is 31.2 Å². The van der Waals surface area contributed by atoms with Gasteiger partial charge < -0.3 is 9.30 Å². The number of halogens is 1. The van der Waals surface area contributed by atoms with Crippen molar-refractivity contribution in [2.24, 2.45) is 7.05 Å². The fourth-order valence-electron chi connectivity index (χ4n) is 3.63. The Morgan fingerprint density at radius 3 is 2.44 bits per heavy atom. The fourth-order valence-corrected chi connectivity index (χ4v) is 3.76. The van der Waals surface area contributed by atoms with Crippen LogP contribution < -0.4 is 10.3 Å². The van der Waals surface area contributed by atoms with Crippen molar-refractivity contribution in [3.05, 3.63) is 88.3 Å². The molecule has 3 aromatic heterocycles.